The van der Waals surface area contributed by atoms with Crippen LogP contribution in [-0.4, -0.2) is 60.5 Å². The third-order valence-electron chi connectivity index (χ3n) is 5.64. The van der Waals surface area contributed by atoms with Gasteiger partial charge in [0.25, 0.3) is 6.10 Å². The van der Waals surface area contributed by atoms with E-state index in [1.165, 1.54) is 4.90 Å². The maximum absolute atomic E-state index is 12.7. The molecule has 0 radical (unpaired) electrons. The molecule has 3 rings (SSSR count). The summed E-state index contributed by atoms with van der Waals surface area (Å²) in [4.78, 5) is 30.9. The Morgan fingerprint density at radius 2 is 1.77 bits per heavy atom. The van der Waals surface area contributed by atoms with Crippen LogP contribution in [0.5, 0.6) is 0 Å². The van der Waals surface area contributed by atoms with Gasteiger partial charge in [0.2, 0.25) is 5.91 Å². The normalized spacial score (nSPS) is 20.9. The Bertz CT molecular complexity index is 777. The van der Waals surface area contributed by atoms with Gasteiger partial charge in [0.1, 0.15) is 5.82 Å². The summed E-state index contributed by atoms with van der Waals surface area (Å²) in [5.41, 5.74) is -0.412. The smallest absolute Gasteiger partial charge is 0.426 e. The number of carbonyl (C=O) groups is 2. The molecule has 1 aromatic rings. The molecule has 30 heavy (non-hydrogen) atoms. The molecule has 1 atom stereocenters. The number of amides is 2. The predicted octanol–water partition coefficient (Wildman–Crippen LogP) is 3.78. The van der Waals surface area contributed by atoms with E-state index in [0.29, 0.717) is 12.2 Å². The van der Waals surface area contributed by atoms with E-state index < -0.39 is 30.0 Å². The number of alkyl halides is 6. The van der Waals surface area contributed by atoms with E-state index in [2.05, 4.69) is 9.72 Å². The molecule has 2 aliphatic rings. The fourth-order valence-corrected chi connectivity index (χ4v) is 3.78. The molecule has 0 aromatic carbocycles. The minimum Gasteiger partial charge on any atom is -0.426 e. The lowest BCUT2D eigenvalue weighted by molar-refractivity contribution is -0.308. The lowest BCUT2D eigenvalue weighted by Crippen LogP contribution is -2.49. The zero-order chi connectivity index (χ0) is 22.3. The van der Waals surface area contributed by atoms with E-state index in [1.807, 2.05) is 0 Å². The first kappa shape index (κ1) is 22.2. The number of halogens is 6. The summed E-state index contributed by atoms with van der Waals surface area (Å²) in [6.07, 6.45) is -14.7. The van der Waals surface area contributed by atoms with Crippen molar-refractivity contribution < 1.29 is 40.7 Å². The van der Waals surface area contributed by atoms with Crippen LogP contribution in [0.15, 0.2) is 24.4 Å². The minimum absolute atomic E-state index is 0.0850. The first-order valence-electron chi connectivity index (χ1n) is 9.13. The van der Waals surface area contributed by atoms with Crippen LogP contribution in [0.1, 0.15) is 19.3 Å². The number of ether oxygens (including phenoxy) is 1. The second-order valence-corrected chi connectivity index (χ2v) is 7.54. The highest BCUT2D eigenvalue weighted by molar-refractivity contribution is 5.96. The van der Waals surface area contributed by atoms with E-state index in [9.17, 15) is 35.9 Å². The van der Waals surface area contributed by atoms with Crippen LogP contribution in [0.4, 0.5) is 37.0 Å². The summed E-state index contributed by atoms with van der Waals surface area (Å²) in [7, 11) is 1.58. The SMILES string of the molecule is CN(C(=O)C1CC12CCN(C(=O)OC(C(F)(F)F)C(F)(F)F)CC2)c1ccccn1. The van der Waals surface area contributed by atoms with Crippen molar-refractivity contribution in [3.05, 3.63) is 24.4 Å². The van der Waals surface area contributed by atoms with Crippen molar-refractivity contribution in [1.82, 2.24) is 9.88 Å². The van der Waals surface area contributed by atoms with Gasteiger partial charge in [0.15, 0.2) is 0 Å². The quantitative estimate of drug-likeness (QED) is 0.673. The number of hydrogen-bond donors (Lipinski definition) is 0. The van der Waals surface area contributed by atoms with Gasteiger partial charge in [-0.15, -0.1) is 0 Å². The Hall–Kier alpha value is -2.53. The van der Waals surface area contributed by atoms with Crippen LogP contribution >= 0.6 is 0 Å². The van der Waals surface area contributed by atoms with Crippen molar-refractivity contribution in [3.8, 4) is 0 Å². The van der Waals surface area contributed by atoms with Crippen molar-refractivity contribution in [2.24, 2.45) is 11.3 Å². The number of piperidine rings is 1. The van der Waals surface area contributed by atoms with Gasteiger partial charge in [-0.2, -0.15) is 26.3 Å². The molecule has 0 N–H and O–H groups in total. The Morgan fingerprint density at radius 3 is 2.27 bits per heavy atom. The van der Waals surface area contributed by atoms with Crippen molar-refractivity contribution in [2.45, 2.75) is 37.7 Å². The van der Waals surface area contributed by atoms with Gasteiger partial charge in [-0.1, -0.05) is 6.07 Å². The summed E-state index contributed by atoms with van der Waals surface area (Å²) in [5.74, 6) is -0.0318. The van der Waals surface area contributed by atoms with Crippen LogP contribution in [0.3, 0.4) is 0 Å². The summed E-state index contributed by atoms with van der Waals surface area (Å²) in [6.45, 7) is -0.170. The highest BCUT2D eigenvalue weighted by atomic mass is 19.4. The van der Waals surface area contributed by atoms with Gasteiger partial charge < -0.3 is 9.64 Å². The molecule has 2 amide bonds. The van der Waals surface area contributed by atoms with Gasteiger partial charge in [0.05, 0.1) is 0 Å². The molecule has 1 aromatic heterocycles. The second-order valence-electron chi connectivity index (χ2n) is 7.54. The van der Waals surface area contributed by atoms with Crippen LogP contribution < -0.4 is 4.90 Å². The van der Waals surface area contributed by atoms with Crippen LogP contribution in [-0.2, 0) is 9.53 Å². The Labute approximate surface area is 167 Å². The molecular formula is C18H19F6N3O3. The number of carbonyl (C=O) groups excluding carboxylic acids is 2. The highest BCUT2D eigenvalue weighted by Crippen LogP contribution is 2.60. The van der Waals surface area contributed by atoms with Crippen LogP contribution in [0.25, 0.3) is 0 Å². The van der Waals surface area contributed by atoms with Gasteiger partial charge in [-0.05, 0) is 36.8 Å². The molecule has 1 saturated carbocycles. The molecule has 1 aliphatic heterocycles. The average molecular weight is 439 g/mol. The molecule has 1 aliphatic carbocycles. The standard InChI is InChI=1S/C18H19F6N3O3/c1-26(12-4-2-3-7-25-12)13(28)11-10-16(11)5-8-27(9-6-16)15(29)30-14(17(19,20)21)18(22,23)24/h2-4,7,11,14H,5-6,8-10H2,1H3. The number of nitrogens with zero attached hydrogens (tertiary/aromatic N) is 3. The minimum atomic E-state index is -5.75. The Kier molecular flexibility index (Phi) is 5.63. The topological polar surface area (TPSA) is 62.7 Å². The third-order valence-corrected chi connectivity index (χ3v) is 5.64. The molecule has 1 spiro atoms. The number of rotatable bonds is 3. The number of anilines is 1. The van der Waals surface area contributed by atoms with Crippen molar-refractivity contribution in [1.29, 1.82) is 0 Å². The van der Waals surface area contributed by atoms with Crippen LogP contribution in [0.2, 0.25) is 0 Å². The Morgan fingerprint density at radius 1 is 1.17 bits per heavy atom. The lowest BCUT2D eigenvalue weighted by Gasteiger charge is -2.34. The molecule has 1 unspecified atom stereocenters. The van der Waals surface area contributed by atoms with Crippen LogP contribution in [0, 0.1) is 11.3 Å². The fraction of sp³-hybridized carbons (Fsp3) is 0.611. The van der Waals surface area contributed by atoms with Gasteiger partial charge in [0, 0.05) is 32.3 Å². The van der Waals surface area contributed by atoms with Gasteiger partial charge in [-0.3, -0.25) is 9.69 Å². The highest BCUT2D eigenvalue weighted by Gasteiger charge is 2.62. The zero-order valence-electron chi connectivity index (χ0n) is 15.8. The number of likely N-dealkylation sites (tertiary alicyclic amines) is 1. The molecule has 1 saturated heterocycles. The molecule has 12 heteroatoms. The average Bonchev–Trinajstić information content (AvgIpc) is 3.37. The monoisotopic (exact) mass is 439 g/mol. The number of pyridine rings is 1. The maximum atomic E-state index is 12.7. The summed E-state index contributed by atoms with van der Waals surface area (Å²) < 4.78 is 79.1. The summed E-state index contributed by atoms with van der Waals surface area (Å²) in [5, 5.41) is 0. The zero-order valence-corrected chi connectivity index (χ0v) is 15.8. The number of aromatic nitrogens is 1. The van der Waals surface area contributed by atoms with E-state index in [1.54, 1.807) is 31.4 Å². The first-order valence-corrected chi connectivity index (χ1v) is 9.13. The number of hydrogen-bond acceptors (Lipinski definition) is 4. The molecule has 2 heterocycles. The third kappa shape index (κ3) is 4.46. The first-order chi connectivity index (χ1) is 13.8. The summed E-state index contributed by atoms with van der Waals surface area (Å²) >= 11 is 0. The molecule has 6 nitrogen and oxygen atoms in total. The summed E-state index contributed by atoms with van der Waals surface area (Å²) in [6, 6.07) is 5.11. The largest absolute Gasteiger partial charge is 0.434 e. The van der Waals surface area contributed by atoms with E-state index in [-0.39, 0.29) is 37.8 Å². The lowest BCUT2D eigenvalue weighted by atomic mass is 9.90. The van der Waals surface area contributed by atoms with Gasteiger partial charge >= 0.3 is 18.4 Å². The van der Waals surface area contributed by atoms with Crippen molar-refractivity contribution in [3.63, 3.8) is 0 Å². The fourth-order valence-electron chi connectivity index (χ4n) is 3.78. The maximum Gasteiger partial charge on any atom is 0.434 e. The van der Waals surface area contributed by atoms with E-state index in [4.69, 9.17) is 0 Å². The van der Waals surface area contributed by atoms with Crippen molar-refractivity contribution in [2.75, 3.05) is 25.0 Å². The molecule has 0 bridgehead atoms. The second kappa shape index (κ2) is 7.62. The molecular weight excluding hydrogens is 420 g/mol. The van der Waals surface area contributed by atoms with Gasteiger partial charge in [-0.25, -0.2) is 9.78 Å². The van der Waals surface area contributed by atoms with Crippen molar-refractivity contribution >= 4 is 17.8 Å². The molecule has 166 valence electrons. The predicted molar refractivity (Wildman–Crippen MR) is 91.4 cm³/mol. The van der Waals surface area contributed by atoms with E-state index in [0.717, 1.165) is 4.90 Å². The van der Waals surface area contributed by atoms with E-state index >= 15 is 0 Å². The molecule has 2 fully saturated rings. The Balaban J connectivity index is 1.56.